The minimum atomic E-state index is -1.71. The predicted octanol–water partition coefficient (Wildman–Crippen LogP) is 4.68. The standard InChI is InChI=1S/C29H27IN2O6S2/c1-19(33)32(22-13-8-16-39-22)23-25(34)31-17-29(18-40-26(23)31,27(35)37-15-14-30)28(36)38-24(20-9-4-2-5-10-20)21-11-6-3-7-12-21/h2-13,16,23-24,26H,14-15,17-18H2,1H3/t23?,26-,29?/m1/s1. The number of hydrogen-bond acceptors (Lipinski definition) is 8. The van der Waals surface area contributed by atoms with Crippen LogP contribution >= 0.6 is 45.7 Å². The zero-order valence-electron chi connectivity index (χ0n) is 21.6. The average molecular weight is 691 g/mol. The fourth-order valence-electron chi connectivity index (χ4n) is 4.96. The van der Waals surface area contributed by atoms with Gasteiger partial charge in [0.25, 0.3) is 0 Å². The Hall–Kier alpha value is -2.90. The van der Waals surface area contributed by atoms with E-state index in [-0.39, 0.29) is 30.7 Å². The van der Waals surface area contributed by atoms with Gasteiger partial charge in [-0.15, -0.1) is 23.1 Å². The van der Waals surface area contributed by atoms with Crippen molar-refractivity contribution in [2.24, 2.45) is 5.41 Å². The number of thioether (sulfide) groups is 1. The summed E-state index contributed by atoms with van der Waals surface area (Å²) in [7, 11) is 0. The van der Waals surface area contributed by atoms with Crippen molar-refractivity contribution in [1.82, 2.24) is 4.90 Å². The number of esters is 2. The highest BCUT2D eigenvalue weighted by Gasteiger charge is 2.63. The predicted molar refractivity (Wildman–Crippen MR) is 162 cm³/mol. The highest BCUT2D eigenvalue weighted by Crippen LogP contribution is 2.47. The van der Waals surface area contributed by atoms with Crippen molar-refractivity contribution in [3.63, 3.8) is 0 Å². The van der Waals surface area contributed by atoms with E-state index in [1.165, 1.54) is 39.8 Å². The lowest BCUT2D eigenvalue weighted by Crippen LogP contribution is -2.75. The third-order valence-electron chi connectivity index (χ3n) is 6.94. The number of β-lactam (4-membered cyclic amide) rings is 1. The van der Waals surface area contributed by atoms with Crippen LogP contribution in [0.25, 0.3) is 0 Å². The van der Waals surface area contributed by atoms with E-state index >= 15 is 0 Å². The summed E-state index contributed by atoms with van der Waals surface area (Å²) in [6, 6.07) is 21.6. The molecule has 8 nitrogen and oxygen atoms in total. The Kier molecular flexibility index (Phi) is 8.81. The number of hydrogen-bond donors (Lipinski definition) is 0. The maximum absolute atomic E-state index is 14.0. The van der Waals surface area contributed by atoms with Crippen LogP contribution in [0.2, 0.25) is 0 Å². The number of alkyl halides is 1. The van der Waals surface area contributed by atoms with Crippen LogP contribution in [0.1, 0.15) is 24.2 Å². The first kappa shape index (κ1) is 28.6. The third kappa shape index (κ3) is 5.38. The van der Waals surface area contributed by atoms with Crippen molar-refractivity contribution in [3.8, 4) is 0 Å². The molecule has 2 saturated heterocycles. The van der Waals surface area contributed by atoms with Crippen LogP contribution in [0.5, 0.6) is 0 Å². The first-order valence-corrected chi connectivity index (χ1v) is 16.1. The van der Waals surface area contributed by atoms with E-state index < -0.39 is 34.9 Å². The Balaban J connectivity index is 1.44. The number of ether oxygens (including phenoxy) is 2. The lowest BCUT2D eigenvalue weighted by atomic mass is 9.86. The first-order valence-electron chi connectivity index (χ1n) is 12.7. The Bertz CT molecular complexity index is 1330. The lowest BCUT2D eigenvalue weighted by molar-refractivity contribution is -0.177. The van der Waals surface area contributed by atoms with Crippen LogP contribution in [0.3, 0.4) is 0 Å². The molecule has 0 saturated carbocycles. The third-order valence-corrected chi connectivity index (χ3v) is 9.76. The summed E-state index contributed by atoms with van der Waals surface area (Å²) in [5, 5.41) is 2.13. The lowest BCUT2D eigenvalue weighted by Gasteiger charge is -2.55. The number of benzene rings is 2. The number of rotatable bonds is 9. The second kappa shape index (κ2) is 12.3. The molecule has 5 rings (SSSR count). The van der Waals surface area contributed by atoms with Gasteiger partial charge in [-0.3, -0.25) is 24.1 Å². The van der Waals surface area contributed by atoms with Gasteiger partial charge in [-0.25, -0.2) is 0 Å². The van der Waals surface area contributed by atoms with Crippen molar-refractivity contribution in [2.45, 2.75) is 24.4 Å². The molecule has 3 aromatic rings. The molecular formula is C29H27IN2O6S2. The molecule has 0 radical (unpaired) electrons. The molecule has 2 aromatic carbocycles. The van der Waals surface area contributed by atoms with E-state index in [0.717, 1.165) is 11.1 Å². The van der Waals surface area contributed by atoms with Gasteiger partial charge in [0.1, 0.15) is 18.0 Å². The number of halogens is 1. The second-order valence-corrected chi connectivity index (χ2v) is 12.6. The molecular weight excluding hydrogens is 663 g/mol. The number of fused-ring (bicyclic) bond motifs is 1. The van der Waals surface area contributed by atoms with Crippen molar-refractivity contribution >= 4 is 74.4 Å². The minimum absolute atomic E-state index is 0.0589. The molecule has 3 atom stereocenters. The Labute approximate surface area is 254 Å². The van der Waals surface area contributed by atoms with Crippen LogP contribution in [0.4, 0.5) is 5.00 Å². The quantitative estimate of drug-likeness (QED) is 0.106. The van der Waals surface area contributed by atoms with Crippen LogP contribution < -0.4 is 4.90 Å². The number of carbonyl (C=O) groups excluding carboxylic acids is 4. The summed E-state index contributed by atoms with van der Waals surface area (Å²) < 4.78 is 12.2. The van der Waals surface area contributed by atoms with Crippen LogP contribution in [0, 0.1) is 5.41 Å². The van der Waals surface area contributed by atoms with Gasteiger partial charge in [0.2, 0.25) is 11.8 Å². The molecule has 2 aliphatic rings. The number of carbonyl (C=O) groups is 4. The van der Waals surface area contributed by atoms with Gasteiger partial charge in [-0.1, -0.05) is 83.3 Å². The normalized spacial score (nSPS) is 21.8. The molecule has 208 valence electrons. The molecule has 0 bridgehead atoms. The monoisotopic (exact) mass is 690 g/mol. The maximum atomic E-state index is 14.0. The topological polar surface area (TPSA) is 93.2 Å². The Morgan fingerprint density at radius 1 is 1.02 bits per heavy atom. The Morgan fingerprint density at radius 3 is 2.23 bits per heavy atom. The van der Waals surface area contributed by atoms with Crippen LogP contribution in [0.15, 0.2) is 78.2 Å². The van der Waals surface area contributed by atoms with Crippen molar-refractivity contribution in [2.75, 3.05) is 28.2 Å². The molecule has 3 heterocycles. The number of thiophene rings is 1. The van der Waals surface area contributed by atoms with Crippen molar-refractivity contribution in [3.05, 3.63) is 89.3 Å². The van der Waals surface area contributed by atoms with Gasteiger partial charge in [0, 0.05) is 23.6 Å². The molecule has 0 N–H and O–H groups in total. The van der Waals surface area contributed by atoms with Gasteiger partial charge in [-0.05, 0) is 28.6 Å². The molecule has 2 aliphatic heterocycles. The zero-order valence-corrected chi connectivity index (χ0v) is 25.4. The van der Waals surface area contributed by atoms with E-state index in [1.807, 2.05) is 72.1 Å². The molecule has 2 fully saturated rings. The summed E-state index contributed by atoms with van der Waals surface area (Å²) in [6.07, 6.45) is -0.751. The largest absolute Gasteiger partial charge is 0.464 e. The van der Waals surface area contributed by atoms with E-state index in [2.05, 4.69) is 22.6 Å². The molecule has 1 aromatic heterocycles. The van der Waals surface area contributed by atoms with Gasteiger partial charge in [0.05, 0.1) is 5.00 Å². The van der Waals surface area contributed by atoms with Crippen LogP contribution in [-0.4, -0.2) is 63.4 Å². The fraction of sp³-hybridized carbons (Fsp3) is 0.310. The molecule has 2 amide bonds. The number of anilines is 1. The van der Waals surface area contributed by atoms with E-state index in [4.69, 9.17) is 9.47 Å². The smallest absolute Gasteiger partial charge is 0.327 e. The summed E-state index contributed by atoms with van der Waals surface area (Å²) in [5.41, 5.74) is -0.195. The fourth-order valence-corrected chi connectivity index (χ4v) is 7.55. The minimum Gasteiger partial charge on any atom is -0.464 e. The molecule has 0 aliphatic carbocycles. The Morgan fingerprint density at radius 2 is 1.68 bits per heavy atom. The van der Waals surface area contributed by atoms with Crippen LogP contribution in [-0.2, 0) is 28.7 Å². The number of amides is 2. The summed E-state index contributed by atoms with van der Waals surface area (Å²) in [5.74, 6) is -1.95. The van der Waals surface area contributed by atoms with Gasteiger partial charge in [0.15, 0.2) is 11.5 Å². The SMILES string of the molecule is CC(=O)N(c1cccs1)C1C(=O)N2CC(C(=O)OCCI)(C(=O)OC(c3ccccc3)c3ccccc3)CS[C@H]12. The number of nitrogens with zero attached hydrogens (tertiary/aromatic N) is 2. The van der Waals surface area contributed by atoms with Crippen molar-refractivity contribution in [1.29, 1.82) is 0 Å². The molecule has 11 heteroatoms. The van der Waals surface area contributed by atoms with Gasteiger partial charge in [-0.2, -0.15) is 0 Å². The van der Waals surface area contributed by atoms with E-state index in [9.17, 15) is 19.2 Å². The molecule has 40 heavy (non-hydrogen) atoms. The van der Waals surface area contributed by atoms with E-state index in [1.54, 1.807) is 6.07 Å². The second-order valence-electron chi connectivity index (χ2n) is 9.47. The molecule has 0 spiro atoms. The highest BCUT2D eigenvalue weighted by molar-refractivity contribution is 14.1. The summed E-state index contributed by atoms with van der Waals surface area (Å²) in [4.78, 5) is 56.6. The highest BCUT2D eigenvalue weighted by atomic mass is 127. The van der Waals surface area contributed by atoms with E-state index in [0.29, 0.717) is 9.43 Å². The maximum Gasteiger partial charge on any atom is 0.327 e. The van der Waals surface area contributed by atoms with Gasteiger partial charge >= 0.3 is 11.9 Å². The summed E-state index contributed by atoms with van der Waals surface area (Å²) >= 11 is 4.76. The zero-order chi connectivity index (χ0) is 28.3. The summed E-state index contributed by atoms with van der Waals surface area (Å²) in [6.45, 7) is 1.39. The van der Waals surface area contributed by atoms with Gasteiger partial charge < -0.3 is 14.4 Å². The average Bonchev–Trinajstić information content (AvgIpc) is 3.52. The molecule has 2 unspecified atom stereocenters. The first-order chi connectivity index (χ1) is 19.4. The van der Waals surface area contributed by atoms with Crippen molar-refractivity contribution < 1.29 is 28.7 Å².